The molecule has 8 bridgehead atoms. The van der Waals surface area contributed by atoms with E-state index in [4.69, 9.17) is 0 Å². The van der Waals surface area contributed by atoms with Gasteiger partial charge < -0.3 is 0 Å². The number of Topliss-reactive ketones (excluding diaryl/α,β-unsaturated/α-hetero) is 2. The largest absolute Gasteiger partial charge is 0.300 e. The Morgan fingerprint density at radius 1 is 0.308 bits per heavy atom. The summed E-state index contributed by atoms with van der Waals surface area (Å²) in [4.78, 5) is 23.8. The second kappa shape index (κ2) is 29.3. The first kappa shape index (κ1) is 82.3. The molecule has 0 aromatic carbocycles. The molecule has 2 nitrogen and oxygen atoms in total. The van der Waals surface area contributed by atoms with Gasteiger partial charge in [0.1, 0.15) is 11.6 Å². The number of rotatable bonds is 0. The highest BCUT2D eigenvalue weighted by Crippen LogP contribution is 2.79. The Labute approximate surface area is 576 Å². The van der Waals surface area contributed by atoms with Gasteiger partial charge >= 0.3 is 0 Å². The first-order valence-corrected chi connectivity index (χ1v) is 45.3. The van der Waals surface area contributed by atoms with E-state index in [0.717, 1.165) is 49.8 Å². The van der Waals surface area contributed by atoms with E-state index in [0.29, 0.717) is 81.4 Å². The van der Waals surface area contributed by atoms with Crippen molar-refractivity contribution in [3.63, 3.8) is 0 Å². The molecule has 0 aromatic rings. The second-order valence-electron chi connectivity index (χ2n) is 40.4. The van der Waals surface area contributed by atoms with Gasteiger partial charge in [0.05, 0.1) is 0 Å². The Balaban J connectivity index is 0.000000199. The minimum atomic E-state index is -0.190. The predicted octanol–water partition coefficient (Wildman–Crippen LogP) is 28.3. The van der Waals surface area contributed by atoms with Crippen molar-refractivity contribution in [3.05, 3.63) is 60.8 Å². The van der Waals surface area contributed by atoms with Crippen molar-refractivity contribution in [3.8, 4) is 0 Å². The zero-order valence-electron chi connectivity index (χ0n) is 66.3. The first-order chi connectivity index (χ1) is 40.9. The highest BCUT2D eigenvalue weighted by molar-refractivity contribution is 7.65. The molecule has 0 radical (unpaired) electrons. The third kappa shape index (κ3) is 20.2. The van der Waals surface area contributed by atoms with Gasteiger partial charge in [-0.25, -0.2) is 0 Å². The van der Waals surface area contributed by atoms with Crippen molar-refractivity contribution in [1.29, 1.82) is 0 Å². The molecule has 10 rings (SSSR count). The molecule has 10 aliphatic heterocycles. The summed E-state index contributed by atoms with van der Waals surface area (Å²) in [5, 5.41) is 6.65. The number of carbonyl (C=O) groups excluding carboxylic acids is 2. The van der Waals surface area contributed by atoms with Crippen LogP contribution in [0.5, 0.6) is 0 Å². The van der Waals surface area contributed by atoms with E-state index in [1.54, 1.807) is 25.7 Å². The van der Waals surface area contributed by atoms with Crippen molar-refractivity contribution >= 4 is 59.1 Å². The highest BCUT2D eigenvalue weighted by Gasteiger charge is 2.58. The summed E-state index contributed by atoms with van der Waals surface area (Å²) < 4.78 is 0. The SMILES string of the molecule is CC(C)(C)P1C(C)(C)CCC(=O)CC1(C)C.CC(C)(C)P1C(C)(C)CCCC(=O)CC1(C)C.CC(C)(C)P1C2(C)C=CC=CC1(C)C=C2.CC(C)(C)P1C2(C)C=CC=CC1(C)CC2.CC(C)(C)P1C2(C)CCCCC1(C)CC2.CC(C)(C)P1C2CCCC1CCC2. The Bertz CT molecular complexity index is 2490. The van der Waals surface area contributed by atoms with Gasteiger partial charge in [0.25, 0.3) is 0 Å². The summed E-state index contributed by atoms with van der Waals surface area (Å²) in [5.41, 5.74) is 2.28. The summed E-state index contributed by atoms with van der Waals surface area (Å²) >= 11 is 0. The van der Waals surface area contributed by atoms with Crippen molar-refractivity contribution in [1.82, 2.24) is 0 Å². The minimum absolute atomic E-state index is 0.0116. The molecular formula is C83H150O2P6. The topological polar surface area (TPSA) is 34.1 Å². The van der Waals surface area contributed by atoms with Crippen LogP contribution in [0.4, 0.5) is 0 Å². The lowest BCUT2D eigenvalue weighted by molar-refractivity contribution is -0.120. The molecule has 7 saturated heterocycles. The quantitative estimate of drug-likeness (QED) is 0.179. The lowest BCUT2D eigenvalue weighted by Crippen LogP contribution is -2.41. The number of hydrogen-bond donors (Lipinski definition) is 0. The number of fused-ring (bicyclic) bond motifs is 8. The summed E-state index contributed by atoms with van der Waals surface area (Å²) in [6, 6.07) is 0. The normalized spacial score (nSPS) is 38.7. The van der Waals surface area contributed by atoms with E-state index in [1.165, 1.54) is 70.6 Å². The van der Waals surface area contributed by atoms with E-state index < -0.39 is 0 Å². The average Bonchev–Trinajstić information content (AvgIpc) is 1.64. The zero-order valence-corrected chi connectivity index (χ0v) is 71.6. The van der Waals surface area contributed by atoms with Crippen LogP contribution < -0.4 is 0 Å². The van der Waals surface area contributed by atoms with Gasteiger partial charge in [-0.2, -0.15) is 0 Å². The monoisotopic (exact) mass is 1370 g/mol. The van der Waals surface area contributed by atoms with Crippen LogP contribution in [0.3, 0.4) is 0 Å². The molecule has 8 atom stereocenters. The molecule has 8 unspecified atom stereocenters. The van der Waals surface area contributed by atoms with Crippen LogP contribution >= 0.6 is 47.5 Å². The number of carbonyl (C=O) groups is 2. The van der Waals surface area contributed by atoms with E-state index in [1.807, 2.05) is 0 Å². The summed E-state index contributed by atoms with van der Waals surface area (Å²) in [7, 11) is 0.0827. The van der Waals surface area contributed by atoms with Crippen LogP contribution in [0, 0.1) is 0 Å². The maximum absolute atomic E-state index is 11.9. The van der Waals surface area contributed by atoms with Gasteiger partial charge in [-0.15, -0.1) is 0 Å². The lowest BCUT2D eigenvalue weighted by atomic mass is 9.87. The molecule has 0 aliphatic carbocycles. The number of hydrogen-bond acceptors (Lipinski definition) is 2. The fourth-order valence-corrected chi connectivity index (χ4v) is 55.5. The average molecular weight is 1370 g/mol. The highest BCUT2D eigenvalue weighted by atomic mass is 31.1. The molecular weight excluding hydrogens is 1210 g/mol. The molecule has 7 fully saturated rings. The lowest BCUT2D eigenvalue weighted by Gasteiger charge is -2.53. The fraction of sp³-hybridized carbons (Fsp3) is 0.855. The maximum Gasteiger partial charge on any atom is 0.133 e. The molecule has 91 heavy (non-hydrogen) atoms. The molecule has 10 heterocycles. The van der Waals surface area contributed by atoms with Crippen LogP contribution in [0.25, 0.3) is 0 Å². The Morgan fingerprint density at radius 2 is 0.637 bits per heavy atom. The molecule has 8 heteroatoms. The van der Waals surface area contributed by atoms with Crippen molar-refractivity contribution in [2.24, 2.45) is 0 Å². The third-order valence-electron chi connectivity index (χ3n) is 22.8. The van der Waals surface area contributed by atoms with Gasteiger partial charge in [-0.3, -0.25) is 9.59 Å². The van der Waals surface area contributed by atoms with E-state index in [2.05, 4.69) is 282 Å². The van der Waals surface area contributed by atoms with E-state index >= 15 is 0 Å². The van der Waals surface area contributed by atoms with Gasteiger partial charge in [0, 0.05) is 46.3 Å². The van der Waals surface area contributed by atoms with Gasteiger partial charge in [-0.1, -0.05) is 342 Å². The zero-order chi connectivity index (χ0) is 69.7. The van der Waals surface area contributed by atoms with E-state index in [9.17, 15) is 9.59 Å². The first-order valence-electron chi connectivity index (χ1n) is 37.2. The standard InChI is InChI=1S/C15H29OP.C14H27OP.C14H27P.C14H23P.C14H21P.C12H23P/c1-13(2,3)17-14(4,5)10-8-9-12(16)11-15(17,6)7;1-12(2,3)16-13(4,5)9-8-11(15)10-14(16,6)7;3*1-12(2,3)15-13(4)8-6-7-9-14(15,5)11-10-13;1-12(2,3)13-10-6-4-7-11(13)9-5-8-10/h8-11H2,1-7H3;8-10H2,1-7H3;6-11H2,1-5H3;6-9H,10-11H2,1-5H3;6-11H,1-5H3;10-11H,4-9H2,1-3H3. The van der Waals surface area contributed by atoms with Crippen LogP contribution in [-0.4, -0.2) is 105 Å². The van der Waals surface area contributed by atoms with Crippen molar-refractivity contribution < 1.29 is 9.59 Å². The molecule has 10 aliphatic rings. The molecule has 0 saturated carbocycles. The van der Waals surface area contributed by atoms with Gasteiger partial charge in [0.15, 0.2) is 0 Å². The smallest absolute Gasteiger partial charge is 0.133 e. The Morgan fingerprint density at radius 3 is 0.967 bits per heavy atom. The van der Waals surface area contributed by atoms with Crippen molar-refractivity contribution in [2.75, 3.05) is 0 Å². The number of allylic oxidation sites excluding steroid dienone is 10. The molecule has 0 amide bonds. The number of ketones is 2. The summed E-state index contributed by atoms with van der Waals surface area (Å²) in [6.07, 6.45) is 51.0. The maximum atomic E-state index is 11.9. The summed E-state index contributed by atoms with van der Waals surface area (Å²) in [5.74, 6) is 0.939. The Hall–Kier alpha value is 0.620. The van der Waals surface area contributed by atoms with Crippen LogP contribution in [-0.2, 0) is 9.59 Å². The van der Waals surface area contributed by atoms with E-state index in [-0.39, 0.29) is 60.2 Å². The van der Waals surface area contributed by atoms with Crippen LogP contribution in [0.15, 0.2) is 60.8 Å². The fourth-order valence-electron chi connectivity index (χ4n) is 22.8. The van der Waals surface area contributed by atoms with Crippen LogP contribution in [0.2, 0.25) is 0 Å². The summed E-state index contributed by atoms with van der Waals surface area (Å²) in [6.45, 7) is 77.1. The molecule has 0 spiro atoms. The predicted molar refractivity (Wildman–Crippen MR) is 427 cm³/mol. The Kier molecular flexibility index (Phi) is 26.5. The molecule has 0 aromatic heterocycles. The van der Waals surface area contributed by atoms with Gasteiger partial charge in [-0.05, 0) is 171 Å². The van der Waals surface area contributed by atoms with Gasteiger partial charge in [0.2, 0.25) is 0 Å². The third-order valence-corrected chi connectivity index (χ3v) is 47.7. The van der Waals surface area contributed by atoms with Crippen LogP contribution in [0.1, 0.15) is 356 Å². The second-order valence-corrected chi connectivity index (χ2v) is 65.1. The minimum Gasteiger partial charge on any atom is -0.300 e. The molecule has 524 valence electrons. The van der Waals surface area contributed by atoms with Crippen molar-refractivity contribution in [2.45, 2.75) is 450 Å². The molecule has 0 N–H and O–H groups in total.